The van der Waals surface area contributed by atoms with E-state index in [1.807, 2.05) is 48.7 Å². The number of anilines is 1. The molecule has 0 aliphatic rings. The van der Waals surface area contributed by atoms with Gasteiger partial charge >= 0.3 is 0 Å². The van der Waals surface area contributed by atoms with Crippen LogP contribution in [-0.2, 0) is 22.6 Å². The van der Waals surface area contributed by atoms with Crippen molar-refractivity contribution in [3.63, 3.8) is 0 Å². The molecule has 1 unspecified atom stereocenters. The Hall–Kier alpha value is -3.13. The third kappa shape index (κ3) is 7.08. The molecule has 2 aromatic heterocycles. The van der Waals surface area contributed by atoms with Crippen molar-refractivity contribution in [2.24, 2.45) is 0 Å². The van der Waals surface area contributed by atoms with Crippen molar-refractivity contribution in [2.45, 2.75) is 32.4 Å². The molecule has 29 heavy (non-hydrogen) atoms. The molecule has 2 heterocycles. The fraction of sp³-hybridized carbons (Fsp3) is 0.286. The van der Waals surface area contributed by atoms with Gasteiger partial charge in [-0.2, -0.15) is 5.10 Å². The van der Waals surface area contributed by atoms with E-state index >= 15 is 0 Å². The van der Waals surface area contributed by atoms with E-state index in [0.29, 0.717) is 5.69 Å². The third-order valence-electron chi connectivity index (χ3n) is 4.06. The molecule has 0 saturated heterocycles. The minimum Gasteiger partial charge on any atom is -0.493 e. The zero-order valence-electron chi connectivity index (χ0n) is 16.2. The Morgan fingerprint density at radius 1 is 1.17 bits per heavy atom. The summed E-state index contributed by atoms with van der Waals surface area (Å²) in [5.74, 6) is 0.438. The minimum absolute atomic E-state index is 0.0421. The standard InChI is InChI=1S/C21H24N4O3S/c1-16(12-19-8-5-11-29-19)23-21(27)15-25-14-17(13-22-25)24-20(26)9-10-28-18-6-3-2-4-7-18/h2-8,11,13-14,16H,9-10,12,15H2,1H3,(H,23,27)(H,24,26). The SMILES string of the molecule is CC(Cc1cccs1)NC(=O)Cn1cc(NC(=O)CCOc2ccccc2)cn1. The molecular formula is C21H24N4O3S. The number of nitrogens with one attached hydrogen (secondary N) is 2. The summed E-state index contributed by atoms with van der Waals surface area (Å²) < 4.78 is 7.02. The molecule has 0 fully saturated rings. The first-order chi connectivity index (χ1) is 14.1. The number of para-hydroxylation sites is 1. The van der Waals surface area contributed by atoms with Crippen LogP contribution in [0.15, 0.2) is 60.2 Å². The number of benzene rings is 1. The van der Waals surface area contributed by atoms with Crippen LogP contribution in [0.5, 0.6) is 5.75 Å². The van der Waals surface area contributed by atoms with Crippen LogP contribution in [0.3, 0.4) is 0 Å². The summed E-state index contributed by atoms with van der Waals surface area (Å²) in [6, 6.07) is 13.4. The fourth-order valence-corrected chi connectivity index (χ4v) is 3.60. The van der Waals surface area contributed by atoms with Gasteiger partial charge in [-0.3, -0.25) is 14.3 Å². The molecule has 2 N–H and O–H groups in total. The summed E-state index contributed by atoms with van der Waals surface area (Å²) in [6.45, 7) is 2.36. The molecule has 3 aromatic rings. The Morgan fingerprint density at radius 2 is 2.00 bits per heavy atom. The lowest BCUT2D eigenvalue weighted by molar-refractivity contribution is -0.122. The van der Waals surface area contributed by atoms with Crippen LogP contribution in [-0.4, -0.2) is 34.2 Å². The monoisotopic (exact) mass is 412 g/mol. The Labute approximate surface area is 173 Å². The number of hydrogen-bond acceptors (Lipinski definition) is 5. The van der Waals surface area contributed by atoms with Crippen LogP contribution in [0.25, 0.3) is 0 Å². The number of nitrogens with zero attached hydrogens (tertiary/aromatic N) is 2. The average Bonchev–Trinajstić information content (AvgIpc) is 3.34. The predicted octanol–water partition coefficient (Wildman–Crippen LogP) is 3.10. The van der Waals surface area contributed by atoms with Crippen LogP contribution in [0, 0.1) is 0 Å². The van der Waals surface area contributed by atoms with Gasteiger partial charge in [-0.05, 0) is 30.5 Å². The topological polar surface area (TPSA) is 85.2 Å². The van der Waals surface area contributed by atoms with Crippen LogP contribution in [0.4, 0.5) is 5.69 Å². The fourth-order valence-electron chi connectivity index (χ4n) is 2.77. The van der Waals surface area contributed by atoms with E-state index in [0.717, 1.165) is 12.2 Å². The maximum Gasteiger partial charge on any atom is 0.241 e. The Morgan fingerprint density at radius 3 is 2.76 bits per heavy atom. The summed E-state index contributed by atoms with van der Waals surface area (Å²) in [6.07, 6.45) is 4.19. The normalized spacial score (nSPS) is 11.6. The minimum atomic E-state index is -0.172. The van der Waals surface area contributed by atoms with Crippen molar-refractivity contribution in [1.82, 2.24) is 15.1 Å². The summed E-state index contributed by atoms with van der Waals surface area (Å²) in [7, 11) is 0. The zero-order valence-corrected chi connectivity index (χ0v) is 17.0. The molecule has 0 aliphatic carbocycles. The number of carbonyl (C=O) groups is 2. The molecular weight excluding hydrogens is 388 g/mol. The van der Waals surface area contributed by atoms with E-state index < -0.39 is 0 Å². The van der Waals surface area contributed by atoms with Gasteiger partial charge in [0.15, 0.2) is 0 Å². The number of rotatable bonds is 10. The van der Waals surface area contributed by atoms with Crippen molar-refractivity contribution in [1.29, 1.82) is 0 Å². The van der Waals surface area contributed by atoms with Crippen molar-refractivity contribution in [3.05, 3.63) is 65.1 Å². The summed E-state index contributed by atoms with van der Waals surface area (Å²) in [4.78, 5) is 25.4. The van der Waals surface area contributed by atoms with Gasteiger partial charge in [0, 0.05) is 23.5 Å². The molecule has 1 aromatic carbocycles. The van der Waals surface area contributed by atoms with Gasteiger partial charge in [0.1, 0.15) is 12.3 Å². The molecule has 152 valence electrons. The second kappa shape index (κ2) is 10.4. The summed E-state index contributed by atoms with van der Waals surface area (Å²) >= 11 is 1.68. The van der Waals surface area contributed by atoms with Gasteiger partial charge in [0.05, 0.1) is 24.9 Å². The van der Waals surface area contributed by atoms with Gasteiger partial charge in [-0.25, -0.2) is 0 Å². The Bertz CT molecular complexity index is 909. The number of hydrogen-bond donors (Lipinski definition) is 2. The van der Waals surface area contributed by atoms with E-state index in [9.17, 15) is 9.59 Å². The number of thiophene rings is 1. The summed E-state index contributed by atoms with van der Waals surface area (Å²) in [5, 5.41) is 11.9. The van der Waals surface area contributed by atoms with Crippen LogP contribution < -0.4 is 15.4 Å². The molecule has 0 radical (unpaired) electrons. The van der Waals surface area contributed by atoms with E-state index in [1.54, 1.807) is 17.5 Å². The quantitative estimate of drug-likeness (QED) is 0.536. The second-order valence-corrected chi connectivity index (χ2v) is 7.67. The van der Waals surface area contributed by atoms with Gasteiger partial charge in [-0.1, -0.05) is 24.3 Å². The highest BCUT2D eigenvalue weighted by Gasteiger charge is 2.11. The molecule has 1 atom stereocenters. The molecule has 3 rings (SSSR count). The summed E-state index contributed by atoms with van der Waals surface area (Å²) in [5.41, 5.74) is 0.550. The number of aromatic nitrogens is 2. The van der Waals surface area contributed by atoms with Gasteiger partial charge in [0.2, 0.25) is 11.8 Å². The molecule has 0 spiro atoms. The first kappa shape index (κ1) is 20.6. The van der Waals surface area contributed by atoms with Crippen molar-refractivity contribution >= 4 is 28.8 Å². The highest BCUT2D eigenvalue weighted by molar-refractivity contribution is 7.09. The number of ether oxygens (including phenoxy) is 1. The molecule has 0 saturated carbocycles. The van der Waals surface area contributed by atoms with E-state index in [-0.39, 0.29) is 37.4 Å². The maximum absolute atomic E-state index is 12.2. The lowest BCUT2D eigenvalue weighted by atomic mass is 10.2. The zero-order chi connectivity index (χ0) is 20.5. The van der Waals surface area contributed by atoms with Crippen molar-refractivity contribution < 1.29 is 14.3 Å². The van der Waals surface area contributed by atoms with Gasteiger partial charge < -0.3 is 15.4 Å². The maximum atomic E-state index is 12.2. The van der Waals surface area contributed by atoms with E-state index in [1.165, 1.54) is 15.8 Å². The first-order valence-corrected chi connectivity index (χ1v) is 10.3. The van der Waals surface area contributed by atoms with E-state index in [4.69, 9.17) is 4.74 Å². The van der Waals surface area contributed by atoms with Gasteiger partial charge in [0.25, 0.3) is 0 Å². The van der Waals surface area contributed by atoms with Crippen LogP contribution >= 0.6 is 11.3 Å². The van der Waals surface area contributed by atoms with Crippen molar-refractivity contribution in [2.75, 3.05) is 11.9 Å². The number of carbonyl (C=O) groups excluding carboxylic acids is 2. The molecule has 0 bridgehead atoms. The molecule has 2 amide bonds. The lowest BCUT2D eigenvalue weighted by Gasteiger charge is -2.12. The van der Waals surface area contributed by atoms with Crippen LogP contribution in [0.2, 0.25) is 0 Å². The first-order valence-electron chi connectivity index (χ1n) is 9.40. The Kier molecular flexibility index (Phi) is 7.40. The number of amides is 2. The highest BCUT2D eigenvalue weighted by Crippen LogP contribution is 2.11. The van der Waals surface area contributed by atoms with E-state index in [2.05, 4.69) is 21.8 Å². The largest absolute Gasteiger partial charge is 0.493 e. The van der Waals surface area contributed by atoms with Crippen molar-refractivity contribution in [3.8, 4) is 5.75 Å². The predicted molar refractivity (Wildman–Crippen MR) is 113 cm³/mol. The lowest BCUT2D eigenvalue weighted by Crippen LogP contribution is -2.36. The second-order valence-electron chi connectivity index (χ2n) is 6.64. The average molecular weight is 413 g/mol. The van der Waals surface area contributed by atoms with Gasteiger partial charge in [-0.15, -0.1) is 11.3 Å². The van der Waals surface area contributed by atoms with Crippen LogP contribution in [0.1, 0.15) is 18.2 Å². The highest BCUT2D eigenvalue weighted by atomic mass is 32.1. The Balaban J connectivity index is 1.38. The molecule has 0 aliphatic heterocycles. The smallest absolute Gasteiger partial charge is 0.241 e. The molecule has 8 heteroatoms. The molecule has 7 nitrogen and oxygen atoms in total. The third-order valence-corrected chi connectivity index (χ3v) is 4.96.